The van der Waals surface area contributed by atoms with Crippen molar-refractivity contribution in [3.8, 4) is 5.75 Å². The van der Waals surface area contributed by atoms with Gasteiger partial charge in [0.15, 0.2) is 5.75 Å². The predicted octanol–water partition coefficient (Wildman–Crippen LogP) is 1.65. The molecule has 0 amide bonds. The fraction of sp³-hybridized carbons (Fsp3) is 0.667. The molecule has 1 fully saturated rings. The third-order valence-electron chi connectivity index (χ3n) is 3.54. The molecule has 0 bridgehead atoms. The Kier molecular flexibility index (Phi) is 3.39. The van der Waals surface area contributed by atoms with Gasteiger partial charge in [0.1, 0.15) is 5.82 Å². The summed E-state index contributed by atoms with van der Waals surface area (Å²) in [5.74, 6) is 1.59. The van der Waals surface area contributed by atoms with E-state index in [4.69, 9.17) is 10.5 Å². The second kappa shape index (κ2) is 4.78. The van der Waals surface area contributed by atoms with E-state index < -0.39 is 0 Å². The van der Waals surface area contributed by atoms with E-state index >= 15 is 0 Å². The third kappa shape index (κ3) is 2.02. The molecule has 4 nitrogen and oxygen atoms in total. The number of ether oxygens (including phenoxy) is 1. The zero-order valence-electron chi connectivity index (χ0n) is 9.78. The van der Waals surface area contributed by atoms with Crippen LogP contribution >= 0.6 is 0 Å². The highest BCUT2D eigenvalue weighted by molar-refractivity contribution is 5.17. The quantitative estimate of drug-likeness (QED) is 0.843. The zero-order chi connectivity index (χ0) is 11.4. The number of aromatic nitrogens is 2. The second-order valence-corrected chi connectivity index (χ2v) is 4.49. The van der Waals surface area contributed by atoms with E-state index in [0.29, 0.717) is 12.3 Å². The van der Waals surface area contributed by atoms with Gasteiger partial charge in [-0.2, -0.15) is 0 Å². The highest BCUT2D eigenvalue weighted by atomic mass is 16.5. The summed E-state index contributed by atoms with van der Waals surface area (Å²) in [6.45, 7) is 0.638. The fourth-order valence-electron chi connectivity index (χ4n) is 2.44. The van der Waals surface area contributed by atoms with Gasteiger partial charge < -0.3 is 10.5 Å². The van der Waals surface area contributed by atoms with Gasteiger partial charge in [-0.3, -0.25) is 0 Å². The Morgan fingerprint density at radius 3 is 2.38 bits per heavy atom. The van der Waals surface area contributed by atoms with Gasteiger partial charge in [-0.05, 0) is 12.8 Å². The van der Waals surface area contributed by atoms with Crippen molar-refractivity contribution >= 4 is 0 Å². The molecular weight excluding hydrogens is 202 g/mol. The van der Waals surface area contributed by atoms with Crippen LogP contribution in [0.1, 0.15) is 37.9 Å². The average molecular weight is 221 g/mol. The molecular formula is C12H19N3O. The molecule has 88 valence electrons. The second-order valence-electron chi connectivity index (χ2n) is 4.49. The summed E-state index contributed by atoms with van der Waals surface area (Å²) in [4.78, 5) is 8.80. The van der Waals surface area contributed by atoms with Crippen LogP contribution in [0.15, 0.2) is 12.4 Å². The van der Waals surface area contributed by atoms with E-state index in [9.17, 15) is 0 Å². The van der Waals surface area contributed by atoms with Crippen LogP contribution in [0.4, 0.5) is 0 Å². The maximum Gasteiger partial charge on any atom is 0.155 e. The standard InChI is InChI=1S/C12H19N3O/c1-16-10-7-14-11(15-8-10)12(9-13)5-3-2-4-6-12/h7-8H,2-6,9,13H2,1H3. The molecule has 1 aliphatic rings. The van der Waals surface area contributed by atoms with Crippen LogP contribution in [0.5, 0.6) is 5.75 Å². The summed E-state index contributed by atoms with van der Waals surface area (Å²) in [5.41, 5.74) is 5.93. The molecule has 0 unspecified atom stereocenters. The highest BCUT2D eigenvalue weighted by Crippen LogP contribution is 2.36. The normalized spacial score (nSPS) is 19.4. The molecule has 0 aliphatic heterocycles. The summed E-state index contributed by atoms with van der Waals surface area (Å²) in [6.07, 6.45) is 9.44. The first-order valence-electron chi connectivity index (χ1n) is 5.87. The lowest BCUT2D eigenvalue weighted by molar-refractivity contribution is 0.284. The molecule has 0 spiro atoms. The monoisotopic (exact) mass is 221 g/mol. The molecule has 1 aromatic heterocycles. The van der Waals surface area contributed by atoms with Gasteiger partial charge in [-0.1, -0.05) is 19.3 Å². The number of nitrogens with two attached hydrogens (primary N) is 1. The van der Waals surface area contributed by atoms with Gasteiger partial charge in [0.05, 0.1) is 19.5 Å². The van der Waals surface area contributed by atoms with Crippen molar-refractivity contribution in [2.45, 2.75) is 37.5 Å². The van der Waals surface area contributed by atoms with Crippen molar-refractivity contribution in [1.29, 1.82) is 0 Å². The molecule has 2 rings (SSSR count). The van der Waals surface area contributed by atoms with Crippen LogP contribution in [-0.2, 0) is 5.41 Å². The first kappa shape index (κ1) is 11.3. The Morgan fingerprint density at radius 1 is 1.25 bits per heavy atom. The van der Waals surface area contributed by atoms with Crippen molar-refractivity contribution in [3.63, 3.8) is 0 Å². The Bertz CT molecular complexity index is 331. The number of hydrogen-bond acceptors (Lipinski definition) is 4. The summed E-state index contributed by atoms with van der Waals surface area (Å²) >= 11 is 0. The van der Waals surface area contributed by atoms with Gasteiger partial charge in [0.2, 0.25) is 0 Å². The smallest absolute Gasteiger partial charge is 0.155 e. The van der Waals surface area contributed by atoms with Gasteiger partial charge in [0.25, 0.3) is 0 Å². The van der Waals surface area contributed by atoms with Crippen molar-refractivity contribution < 1.29 is 4.74 Å². The van der Waals surface area contributed by atoms with Crippen LogP contribution in [0.2, 0.25) is 0 Å². The molecule has 1 aromatic rings. The number of nitrogens with zero attached hydrogens (tertiary/aromatic N) is 2. The van der Waals surface area contributed by atoms with E-state index in [1.165, 1.54) is 19.3 Å². The number of methoxy groups -OCH3 is 1. The predicted molar refractivity (Wildman–Crippen MR) is 62.4 cm³/mol. The summed E-state index contributed by atoms with van der Waals surface area (Å²) < 4.78 is 5.07. The summed E-state index contributed by atoms with van der Waals surface area (Å²) in [7, 11) is 1.62. The lowest BCUT2D eigenvalue weighted by Gasteiger charge is -2.34. The first-order valence-corrected chi connectivity index (χ1v) is 5.87. The van der Waals surface area contributed by atoms with Crippen molar-refractivity contribution in [2.24, 2.45) is 5.73 Å². The van der Waals surface area contributed by atoms with Crippen molar-refractivity contribution in [1.82, 2.24) is 9.97 Å². The Morgan fingerprint density at radius 2 is 1.88 bits per heavy atom. The van der Waals surface area contributed by atoms with E-state index in [2.05, 4.69) is 9.97 Å². The minimum Gasteiger partial charge on any atom is -0.494 e. The van der Waals surface area contributed by atoms with E-state index in [-0.39, 0.29) is 5.41 Å². The lowest BCUT2D eigenvalue weighted by Crippen LogP contribution is -2.38. The van der Waals surface area contributed by atoms with E-state index in [1.807, 2.05) is 0 Å². The van der Waals surface area contributed by atoms with Gasteiger partial charge in [0, 0.05) is 12.0 Å². The van der Waals surface area contributed by atoms with Crippen molar-refractivity contribution in [2.75, 3.05) is 13.7 Å². The topological polar surface area (TPSA) is 61.0 Å². The first-order chi connectivity index (χ1) is 7.80. The zero-order valence-corrected chi connectivity index (χ0v) is 9.78. The van der Waals surface area contributed by atoms with Crippen LogP contribution in [0.3, 0.4) is 0 Å². The molecule has 1 aliphatic carbocycles. The Hall–Kier alpha value is -1.16. The fourth-order valence-corrected chi connectivity index (χ4v) is 2.44. The molecule has 2 N–H and O–H groups in total. The number of hydrogen-bond donors (Lipinski definition) is 1. The molecule has 1 heterocycles. The molecule has 0 aromatic carbocycles. The molecule has 0 atom stereocenters. The van der Waals surface area contributed by atoms with Crippen LogP contribution in [-0.4, -0.2) is 23.6 Å². The highest BCUT2D eigenvalue weighted by Gasteiger charge is 2.35. The summed E-state index contributed by atoms with van der Waals surface area (Å²) in [6, 6.07) is 0. The third-order valence-corrected chi connectivity index (χ3v) is 3.54. The summed E-state index contributed by atoms with van der Waals surface area (Å²) in [5, 5.41) is 0. The SMILES string of the molecule is COc1cnc(C2(CN)CCCCC2)nc1. The number of rotatable bonds is 3. The molecule has 0 saturated heterocycles. The Balaban J connectivity index is 2.24. The minimum atomic E-state index is 0.00449. The van der Waals surface area contributed by atoms with Crippen LogP contribution < -0.4 is 10.5 Å². The molecule has 0 radical (unpaired) electrons. The van der Waals surface area contributed by atoms with Gasteiger partial charge >= 0.3 is 0 Å². The van der Waals surface area contributed by atoms with Gasteiger partial charge in [-0.25, -0.2) is 9.97 Å². The van der Waals surface area contributed by atoms with Crippen LogP contribution in [0.25, 0.3) is 0 Å². The van der Waals surface area contributed by atoms with Crippen molar-refractivity contribution in [3.05, 3.63) is 18.2 Å². The van der Waals surface area contributed by atoms with E-state index in [1.54, 1.807) is 19.5 Å². The van der Waals surface area contributed by atoms with Crippen LogP contribution in [0, 0.1) is 0 Å². The lowest BCUT2D eigenvalue weighted by atomic mass is 9.73. The maximum absolute atomic E-state index is 5.93. The maximum atomic E-state index is 5.93. The molecule has 1 saturated carbocycles. The molecule has 4 heteroatoms. The molecule has 16 heavy (non-hydrogen) atoms. The largest absolute Gasteiger partial charge is 0.494 e. The van der Waals surface area contributed by atoms with E-state index in [0.717, 1.165) is 18.7 Å². The Labute approximate surface area is 96.2 Å². The van der Waals surface area contributed by atoms with Gasteiger partial charge in [-0.15, -0.1) is 0 Å². The average Bonchev–Trinajstić information content (AvgIpc) is 2.39. The minimum absolute atomic E-state index is 0.00449.